The minimum absolute atomic E-state index is 0.00946. The van der Waals surface area contributed by atoms with E-state index < -0.39 is 20.0 Å². The van der Waals surface area contributed by atoms with Crippen molar-refractivity contribution in [1.82, 2.24) is 0 Å². The molecule has 1 saturated heterocycles. The van der Waals surface area contributed by atoms with E-state index >= 15 is 0 Å². The van der Waals surface area contributed by atoms with Gasteiger partial charge in [-0.3, -0.25) is 4.52 Å². The summed E-state index contributed by atoms with van der Waals surface area (Å²) in [5, 5.41) is 0. The summed E-state index contributed by atoms with van der Waals surface area (Å²) in [5.41, 5.74) is 0. The molecule has 1 aliphatic rings. The maximum Gasteiger partial charge on any atom is 0.469 e. The van der Waals surface area contributed by atoms with Crippen molar-refractivity contribution < 1.29 is 28.3 Å². The monoisotopic (exact) mass is 261 g/mol. The summed E-state index contributed by atoms with van der Waals surface area (Å²) < 4.78 is 26.3. The summed E-state index contributed by atoms with van der Waals surface area (Å²) in [7, 11) is 2.15. The molecule has 0 amide bonds. The van der Waals surface area contributed by atoms with Crippen molar-refractivity contribution in [1.29, 1.82) is 0 Å². The van der Waals surface area contributed by atoms with Crippen molar-refractivity contribution in [2.75, 3.05) is 6.61 Å². The van der Waals surface area contributed by atoms with Crippen LogP contribution in [0.5, 0.6) is 0 Å². The maximum atomic E-state index is 10.8. The number of ether oxygens (including phenoxy) is 2. The first-order valence-electron chi connectivity index (χ1n) is 5.38. The van der Waals surface area contributed by atoms with Gasteiger partial charge in [-0.25, -0.2) is 4.57 Å². The van der Waals surface area contributed by atoms with E-state index in [0.717, 1.165) is 0 Å². The van der Waals surface area contributed by atoms with Crippen LogP contribution in [0.1, 0.15) is 20.3 Å². The van der Waals surface area contributed by atoms with Crippen molar-refractivity contribution in [2.24, 2.45) is 0 Å². The number of hydrogen-bond donors (Lipinski definition) is 2. The van der Waals surface area contributed by atoms with E-state index in [0.29, 0.717) is 6.42 Å². The molecule has 0 aliphatic carbocycles. The summed E-state index contributed by atoms with van der Waals surface area (Å²) in [6.07, 6.45) is -0.905. The van der Waals surface area contributed by atoms with Gasteiger partial charge in [0, 0.05) is 13.7 Å². The number of phosphoric acid groups is 1. The van der Waals surface area contributed by atoms with Crippen molar-refractivity contribution in [2.45, 2.75) is 44.6 Å². The summed E-state index contributed by atoms with van der Waals surface area (Å²) in [6.45, 7) is 3.94. The van der Waals surface area contributed by atoms with Gasteiger partial charge in [-0.05, 0) is 20.3 Å². The molecule has 6 nitrogen and oxygen atoms in total. The van der Waals surface area contributed by atoms with Crippen LogP contribution in [0.3, 0.4) is 0 Å². The first-order valence-corrected chi connectivity index (χ1v) is 6.91. The highest BCUT2D eigenvalue weighted by molar-refractivity contribution is 7.46. The smallest absolute Gasteiger partial charge is 0.380 e. The van der Waals surface area contributed by atoms with E-state index in [9.17, 15) is 4.57 Å². The van der Waals surface area contributed by atoms with E-state index in [1.165, 1.54) is 7.17 Å². The van der Waals surface area contributed by atoms with Gasteiger partial charge in [-0.15, -0.1) is 0 Å². The van der Waals surface area contributed by atoms with Crippen LogP contribution in [0.4, 0.5) is 0 Å². The van der Waals surface area contributed by atoms with Crippen LogP contribution in [0.25, 0.3) is 0 Å². The van der Waals surface area contributed by atoms with Gasteiger partial charge >= 0.3 is 7.82 Å². The minimum atomic E-state index is -4.53. The van der Waals surface area contributed by atoms with Gasteiger partial charge in [0.2, 0.25) is 0 Å². The van der Waals surface area contributed by atoms with Crippen LogP contribution in [-0.4, -0.2) is 55.6 Å². The molecule has 0 aromatic heterocycles. The first kappa shape index (κ1) is 15.2. The van der Waals surface area contributed by atoms with Gasteiger partial charge in [0.25, 0.3) is 0 Å². The Labute approximate surface area is 103 Å². The lowest BCUT2D eigenvalue weighted by atomic mass is 9.51. The topological polar surface area (TPSA) is 85.2 Å². The second-order valence-electron chi connectivity index (χ2n) is 4.16. The largest absolute Gasteiger partial charge is 0.469 e. The average molecular weight is 261 g/mol. The molecular formula is C8H16B2O6P. The highest BCUT2D eigenvalue weighted by Gasteiger charge is 2.38. The Morgan fingerprint density at radius 2 is 2.24 bits per heavy atom. The number of rotatable bonds is 6. The lowest BCUT2D eigenvalue weighted by Crippen LogP contribution is -2.30. The molecule has 0 spiro atoms. The molecule has 0 aromatic carbocycles. The molecule has 0 bridgehead atoms. The van der Waals surface area contributed by atoms with Crippen LogP contribution in [0, 0.1) is 0 Å². The van der Waals surface area contributed by atoms with E-state index in [-0.39, 0.29) is 18.7 Å². The number of phosphoric ester groups is 1. The molecule has 1 rings (SSSR count). The van der Waals surface area contributed by atoms with Crippen LogP contribution in [-0.2, 0) is 18.6 Å². The molecular weight excluding hydrogens is 245 g/mol. The van der Waals surface area contributed by atoms with Gasteiger partial charge in [-0.2, -0.15) is 0 Å². The average Bonchev–Trinajstić information content (AvgIpc) is 2.55. The van der Waals surface area contributed by atoms with E-state index in [2.05, 4.69) is 4.52 Å². The molecule has 1 fully saturated rings. The lowest BCUT2D eigenvalue weighted by Gasteiger charge is -2.20. The molecule has 3 radical (unpaired) electrons. The molecule has 95 valence electrons. The predicted molar refractivity (Wildman–Crippen MR) is 62.8 cm³/mol. The zero-order valence-electron chi connectivity index (χ0n) is 9.85. The molecule has 3 atom stereocenters. The Bertz CT molecular complexity index is 283. The molecule has 2 N–H and O–H groups in total. The molecule has 0 saturated carbocycles. The summed E-state index contributed by atoms with van der Waals surface area (Å²) in [6, 6.07) is -0.368. The molecule has 9 heteroatoms. The normalized spacial score (nSPS) is 29.8. The predicted octanol–water partition coefficient (Wildman–Crippen LogP) is -0.208. The van der Waals surface area contributed by atoms with Gasteiger partial charge in [0.1, 0.15) is 6.10 Å². The summed E-state index contributed by atoms with van der Waals surface area (Å²) in [5.74, 6) is 0. The first-order chi connectivity index (χ1) is 7.81. The van der Waals surface area contributed by atoms with Crippen molar-refractivity contribution in [3.8, 4) is 0 Å². The van der Waals surface area contributed by atoms with Crippen LogP contribution >= 0.6 is 7.82 Å². The Hall–Kier alpha value is 0.160. The third-order valence-electron chi connectivity index (χ3n) is 2.31. The van der Waals surface area contributed by atoms with Crippen molar-refractivity contribution in [3.63, 3.8) is 0 Å². The summed E-state index contributed by atoms with van der Waals surface area (Å²) in [4.78, 5) is 17.6. The zero-order valence-corrected chi connectivity index (χ0v) is 10.7. The Kier molecular flexibility index (Phi) is 5.70. The fourth-order valence-electron chi connectivity index (χ4n) is 1.59. The van der Waals surface area contributed by atoms with Gasteiger partial charge in [0.05, 0.1) is 26.0 Å². The Morgan fingerprint density at radius 3 is 2.71 bits per heavy atom. The third kappa shape index (κ3) is 5.55. The van der Waals surface area contributed by atoms with Gasteiger partial charge in [-0.1, -0.05) is 0 Å². The van der Waals surface area contributed by atoms with Gasteiger partial charge in [0.15, 0.2) is 0 Å². The van der Waals surface area contributed by atoms with Crippen LogP contribution in [0.2, 0.25) is 0 Å². The fraction of sp³-hybridized carbons (Fsp3) is 1.00. The second kappa shape index (κ2) is 6.36. The fourth-order valence-corrected chi connectivity index (χ4v) is 2.17. The Morgan fingerprint density at radius 1 is 1.59 bits per heavy atom. The quantitative estimate of drug-likeness (QED) is 0.508. The van der Waals surface area contributed by atoms with Crippen molar-refractivity contribution >= 4 is 22.7 Å². The SMILES string of the molecule is [B][B]C1CC(OP(=O)(O)O)C(COC(C)C)O1. The van der Waals surface area contributed by atoms with Crippen molar-refractivity contribution in [3.05, 3.63) is 0 Å². The standard InChI is InChI=1S/C8H16B2O6P/c1-5(2)14-4-7-6(16-17(11,12)13)3-8(10-9)15-7/h5-8H,3-4H2,1-2H3,(H2,11,12,13). The molecule has 0 aromatic rings. The molecule has 17 heavy (non-hydrogen) atoms. The number of hydrogen-bond acceptors (Lipinski definition) is 4. The van der Waals surface area contributed by atoms with E-state index in [1.807, 2.05) is 13.8 Å². The summed E-state index contributed by atoms with van der Waals surface area (Å²) >= 11 is 0. The van der Waals surface area contributed by atoms with Crippen LogP contribution in [0.15, 0.2) is 0 Å². The van der Waals surface area contributed by atoms with Crippen LogP contribution < -0.4 is 0 Å². The molecule has 1 heterocycles. The van der Waals surface area contributed by atoms with Gasteiger partial charge < -0.3 is 19.3 Å². The zero-order chi connectivity index (χ0) is 13.1. The molecule has 1 aliphatic heterocycles. The third-order valence-corrected chi connectivity index (χ3v) is 2.86. The molecule has 3 unspecified atom stereocenters. The Balaban J connectivity index is 2.54. The van der Waals surface area contributed by atoms with E-state index in [4.69, 9.17) is 27.0 Å². The second-order valence-corrected chi connectivity index (χ2v) is 5.35. The highest BCUT2D eigenvalue weighted by Crippen LogP contribution is 2.41. The van der Waals surface area contributed by atoms with E-state index in [1.54, 1.807) is 0 Å². The lowest BCUT2D eigenvalue weighted by molar-refractivity contribution is -0.0458. The minimum Gasteiger partial charge on any atom is -0.380 e. The maximum absolute atomic E-state index is 10.8. The highest BCUT2D eigenvalue weighted by atomic mass is 31.2.